The number of ether oxygens (including phenoxy) is 2. The summed E-state index contributed by atoms with van der Waals surface area (Å²) in [5, 5.41) is 0. The van der Waals surface area contributed by atoms with Crippen LogP contribution < -0.4 is 0 Å². The molecule has 1 fully saturated rings. The van der Waals surface area contributed by atoms with Crippen LogP contribution in [-0.4, -0.2) is 25.3 Å². The molecule has 0 radical (unpaired) electrons. The zero-order valence-corrected chi connectivity index (χ0v) is 4.88. The van der Waals surface area contributed by atoms with Gasteiger partial charge in [0.25, 0.3) is 0 Å². The van der Waals surface area contributed by atoms with Crippen molar-refractivity contribution in [3.63, 3.8) is 0 Å². The van der Waals surface area contributed by atoms with Crippen LogP contribution in [0.4, 0.5) is 0 Å². The lowest BCUT2D eigenvalue weighted by Crippen LogP contribution is -2.09. The summed E-state index contributed by atoms with van der Waals surface area (Å²) < 4.78 is 9.18. The highest BCUT2D eigenvalue weighted by atomic mass is 16.6. The number of methoxy groups -OCH3 is 1. The van der Waals surface area contributed by atoms with Crippen molar-refractivity contribution < 1.29 is 14.3 Å². The first-order chi connectivity index (χ1) is 3.75. The Hall–Kier alpha value is -0.570. The van der Waals surface area contributed by atoms with Crippen LogP contribution in [-0.2, 0) is 14.3 Å². The maximum atomic E-state index is 10.4. The van der Waals surface area contributed by atoms with E-state index in [1.165, 1.54) is 7.11 Å². The van der Waals surface area contributed by atoms with Crippen molar-refractivity contribution in [3.8, 4) is 0 Å². The largest absolute Gasteiger partial charge is 0.467 e. The van der Waals surface area contributed by atoms with Gasteiger partial charge in [0.05, 0.1) is 13.2 Å². The summed E-state index contributed by atoms with van der Waals surface area (Å²) >= 11 is 0. The molecule has 0 aromatic carbocycles. The van der Waals surface area contributed by atoms with Gasteiger partial charge in [-0.2, -0.15) is 0 Å². The lowest BCUT2D eigenvalue weighted by atomic mass is 10.3. The first-order valence-electron chi connectivity index (χ1n) is 2.49. The Bertz CT molecular complexity index is 110. The molecule has 46 valence electrons. The van der Waals surface area contributed by atoms with Crippen molar-refractivity contribution in [1.29, 1.82) is 0 Å². The molecule has 1 rings (SSSR count). The van der Waals surface area contributed by atoms with Crippen LogP contribution >= 0.6 is 0 Å². The fourth-order valence-corrected chi connectivity index (χ4v) is 0.549. The van der Waals surface area contributed by atoms with Gasteiger partial charge in [-0.3, -0.25) is 0 Å². The van der Waals surface area contributed by atoms with Gasteiger partial charge in [0.15, 0.2) is 6.10 Å². The summed E-state index contributed by atoms with van der Waals surface area (Å²) in [6.07, 6.45) is -0.206. The normalized spacial score (nSPS) is 34.2. The number of hydrogen-bond donors (Lipinski definition) is 0. The van der Waals surface area contributed by atoms with Crippen LogP contribution in [0.2, 0.25) is 0 Å². The minimum atomic E-state index is -0.278. The first-order valence-corrected chi connectivity index (χ1v) is 2.49. The average Bonchev–Trinajstić information content (AvgIpc) is 2.45. The van der Waals surface area contributed by atoms with E-state index in [4.69, 9.17) is 4.74 Å². The summed E-state index contributed by atoms with van der Waals surface area (Å²) in [4.78, 5) is 10.4. The molecule has 0 spiro atoms. The second kappa shape index (κ2) is 1.74. The highest BCUT2D eigenvalue weighted by molar-refractivity contribution is 5.77. The molecule has 8 heavy (non-hydrogen) atoms. The van der Waals surface area contributed by atoms with E-state index in [0.717, 1.165) is 0 Å². The molecule has 0 saturated carbocycles. The Balaban J connectivity index is 2.28. The molecule has 0 aromatic rings. The molecule has 1 heterocycles. The van der Waals surface area contributed by atoms with E-state index in [1.54, 1.807) is 0 Å². The molecule has 0 amide bonds. The van der Waals surface area contributed by atoms with Crippen molar-refractivity contribution in [1.82, 2.24) is 0 Å². The summed E-state index contributed by atoms with van der Waals surface area (Å²) in [5.41, 5.74) is 0. The minimum Gasteiger partial charge on any atom is -0.467 e. The lowest BCUT2D eigenvalue weighted by molar-refractivity contribution is -0.142. The van der Waals surface area contributed by atoms with E-state index in [-0.39, 0.29) is 18.2 Å². The zero-order valence-electron chi connectivity index (χ0n) is 4.88. The van der Waals surface area contributed by atoms with Crippen molar-refractivity contribution in [2.45, 2.75) is 19.1 Å². The number of carbonyl (C=O) groups excluding carboxylic acids is 1. The summed E-state index contributed by atoms with van der Waals surface area (Å²) in [6.45, 7) is 1.83. The van der Waals surface area contributed by atoms with Crippen LogP contribution in [0.5, 0.6) is 0 Å². The maximum absolute atomic E-state index is 10.4. The highest BCUT2D eigenvalue weighted by Gasteiger charge is 2.42. The Labute approximate surface area is 47.6 Å². The predicted octanol–water partition coefficient (Wildman–Crippen LogP) is -0.0533. The Morgan fingerprint density at radius 1 is 1.75 bits per heavy atom. The molecule has 1 saturated heterocycles. The quantitative estimate of drug-likeness (QED) is 0.356. The minimum absolute atomic E-state index is 0.0717. The van der Waals surface area contributed by atoms with Crippen molar-refractivity contribution >= 4 is 5.97 Å². The molecule has 0 aromatic heterocycles. The molecule has 3 nitrogen and oxygen atoms in total. The Morgan fingerprint density at radius 2 is 2.25 bits per heavy atom. The summed E-state index contributed by atoms with van der Waals surface area (Å²) in [5.74, 6) is -0.266. The lowest BCUT2D eigenvalue weighted by Gasteiger charge is -1.88. The Kier molecular flexibility index (Phi) is 1.21. The van der Waals surface area contributed by atoms with Crippen molar-refractivity contribution in [2.75, 3.05) is 7.11 Å². The molecule has 0 aliphatic carbocycles. The van der Waals surface area contributed by atoms with Crippen LogP contribution in [0, 0.1) is 0 Å². The molecule has 3 heteroatoms. The molecular formula is C5H8O3. The number of epoxide rings is 1. The number of rotatable bonds is 1. The van der Waals surface area contributed by atoms with Crippen LogP contribution in [0.25, 0.3) is 0 Å². The second-order valence-corrected chi connectivity index (χ2v) is 1.78. The zero-order chi connectivity index (χ0) is 6.15. The van der Waals surface area contributed by atoms with Gasteiger partial charge >= 0.3 is 5.97 Å². The third-order valence-corrected chi connectivity index (χ3v) is 1.14. The number of carbonyl (C=O) groups is 1. The maximum Gasteiger partial charge on any atom is 0.337 e. The molecule has 2 atom stereocenters. The smallest absolute Gasteiger partial charge is 0.337 e. The number of esters is 1. The average molecular weight is 116 g/mol. The molecule has 1 aliphatic rings. The van der Waals surface area contributed by atoms with Gasteiger partial charge in [0.1, 0.15) is 0 Å². The van der Waals surface area contributed by atoms with Gasteiger partial charge in [0.2, 0.25) is 0 Å². The predicted molar refractivity (Wildman–Crippen MR) is 26.4 cm³/mol. The van der Waals surface area contributed by atoms with Crippen molar-refractivity contribution in [2.24, 2.45) is 0 Å². The summed E-state index contributed by atoms with van der Waals surface area (Å²) in [6, 6.07) is 0. The highest BCUT2D eigenvalue weighted by Crippen LogP contribution is 2.21. The molecule has 1 aliphatic heterocycles. The number of hydrogen-bond acceptors (Lipinski definition) is 3. The monoisotopic (exact) mass is 116 g/mol. The van der Waals surface area contributed by atoms with Crippen molar-refractivity contribution in [3.05, 3.63) is 0 Å². The third-order valence-electron chi connectivity index (χ3n) is 1.14. The van der Waals surface area contributed by atoms with Crippen LogP contribution in [0.15, 0.2) is 0 Å². The third kappa shape index (κ3) is 0.816. The molecule has 1 unspecified atom stereocenters. The first kappa shape index (κ1) is 5.56. The van der Waals surface area contributed by atoms with Gasteiger partial charge in [-0.1, -0.05) is 0 Å². The van der Waals surface area contributed by atoms with E-state index in [1.807, 2.05) is 6.92 Å². The van der Waals surface area contributed by atoms with Gasteiger partial charge in [0, 0.05) is 0 Å². The topological polar surface area (TPSA) is 38.8 Å². The van der Waals surface area contributed by atoms with Crippen LogP contribution in [0.3, 0.4) is 0 Å². The van der Waals surface area contributed by atoms with Crippen LogP contribution in [0.1, 0.15) is 6.92 Å². The molecule has 0 N–H and O–H groups in total. The molecular weight excluding hydrogens is 108 g/mol. The fourth-order valence-electron chi connectivity index (χ4n) is 0.549. The summed E-state index contributed by atoms with van der Waals surface area (Å²) in [7, 11) is 1.36. The Morgan fingerprint density at radius 3 is 2.38 bits per heavy atom. The fraction of sp³-hybridized carbons (Fsp3) is 0.800. The van der Waals surface area contributed by atoms with Gasteiger partial charge in [-0.05, 0) is 6.92 Å². The van der Waals surface area contributed by atoms with E-state index >= 15 is 0 Å². The van der Waals surface area contributed by atoms with E-state index in [0.29, 0.717) is 0 Å². The van der Waals surface area contributed by atoms with E-state index in [2.05, 4.69) is 4.74 Å². The standard InChI is InChI=1S/C5H8O3/c1-3-4(8-3)5(6)7-2/h3-4H,1-2H3/t3?,4-/m1/s1. The van der Waals surface area contributed by atoms with Gasteiger partial charge < -0.3 is 9.47 Å². The van der Waals surface area contributed by atoms with E-state index in [9.17, 15) is 4.79 Å². The van der Waals surface area contributed by atoms with Gasteiger partial charge in [-0.25, -0.2) is 4.79 Å². The van der Waals surface area contributed by atoms with E-state index < -0.39 is 0 Å². The SMILES string of the molecule is COC(=O)[C@@H]1OC1C. The van der Waals surface area contributed by atoms with Gasteiger partial charge in [-0.15, -0.1) is 0 Å². The second-order valence-electron chi connectivity index (χ2n) is 1.78. The molecule has 0 bridgehead atoms.